The second-order valence-electron chi connectivity index (χ2n) is 6.72. The maximum absolute atomic E-state index is 12.8. The molecule has 146 valence electrons. The predicted molar refractivity (Wildman–Crippen MR) is 101 cm³/mol. The Morgan fingerprint density at radius 3 is 2.14 bits per heavy atom. The van der Waals surface area contributed by atoms with Crippen molar-refractivity contribution in [2.75, 3.05) is 7.11 Å². The molecule has 0 aliphatic carbocycles. The van der Waals surface area contributed by atoms with Crippen LogP contribution in [0.15, 0.2) is 42.5 Å². The SMILES string of the molecule is COc1ccc(C(CC(=O)O)N2C(=O)c3ccccc3C2=O)cc1OC(C)C. The molecule has 0 spiro atoms. The summed E-state index contributed by atoms with van der Waals surface area (Å²) in [5, 5.41) is 9.41. The number of carbonyl (C=O) groups is 3. The highest BCUT2D eigenvalue weighted by atomic mass is 16.5. The Kier molecular flexibility index (Phi) is 5.35. The molecule has 2 amide bonds. The highest BCUT2D eigenvalue weighted by molar-refractivity contribution is 6.21. The van der Waals surface area contributed by atoms with Gasteiger partial charge in [0.05, 0.1) is 36.8 Å². The fourth-order valence-corrected chi connectivity index (χ4v) is 3.26. The Hall–Kier alpha value is -3.35. The van der Waals surface area contributed by atoms with Crippen LogP contribution in [0.5, 0.6) is 11.5 Å². The Balaban J connectivity index is 2.06. The van der Waals surface area contributed by atoms with Crippen LogP contribution in [0.2, 0.25) is 0 Å². The van der Waals surface area contributed by atoms with Crippen molar-refractivity contribution in [3.63, 3.8) is 0 Å². The van der Waals surface area contributed by atoms with Crippen LogP contribution in [0.25, 0.3) is 0 Å². The molecule has 7 nitrogen and oxygen atoms in total. The van der Waals surface area contributed by atoms with Crippen molar-refractivity contribution < 1.29 is 29.0 Å². The lowest BCUT2D eigenvalue weighted by Gasteiger charge is -2.26. The Morgan fingerprint density at radius 2 is 1.64 bits per heavy atom. The number of amides is 2. The molecule has 0 radical (unpaired) electrons. The van der Waals surface area contributed by atoms with E-state index < -0.39 is 30.2 Å². The Morgan fingerprint density at radius 1 is 1.04 bits per heavy atom. The maximum atomic E-state index is 12.8. The molecular formula is C21H21NO6. The quantitative estimate of drug-likeness (QED) is 0.738. The van der Waals surface area contributed by atoms with Crippen LogP contribution in [-0.4, -0.2) is 41.0 Å². The van der Waals surface area contributed by atoms with E-state index in [1.807, 2.05) is 13.8 Å². The molecule has 1 aliphatic heterocycles. The van der Waals surface area contributed by atoms with Crippen molar-refractivity contribution >= 4 is 17.8 Å². The average Bonchev–Trinajstić information content (AvgIpc) is 2.90. The predicted octanol–water partition coefficient (Wildman–Crippen LogP) is 3.29. The van der Waals surface area contributed by atoms with Gasteiger partial charge in [-0.2, -0.15) is 0 Å². The maximum Gasteiger partial charge on any atom is 0.305 e. The molecule has 0 fully saturated rings. The summed E-state index contributed by atoms with van der Waals surface area (Å²) >= 11 is 0. The molecule has 1 unspecified atom stereocenters. The first-order chi connectivity index (χ1) is 13.3. The highest BCUT2D eigenvalue weighted by Crippen LogP contribution is 2.37. The largest absolute Gasteiger partial charge is 0.493 e. The number of nitrogens with zero attached hydrogens (tertiary/aromatic N) is 1. The fourth-order valence-electron chi connectivity index (χ4n) is 3.26. The van der Waals surface area contributed by atoms with Crippen LogP contribution >= 0.6 is 0 Å². The number of benzene rings is 2. The number of imide groups is 1. The summed E-state index contributed by atoms with van der Waals surface area (Å²) in [5.74, 6) is -1.23. The topological polar surface area (TPSA) is 93.1 Å². The van der Waals surface area contributed by atoms with Gasteiger partial charge in [-0.25, -0.2) is 0 Å². The highest BCUT2D eigenvalue weighted by Gasteiger charge is 2.41. The number of hydrogen-bond donors (Lipinski definition) is 1. The van der Waals surface area contributed by atoms with Crippen LogP contribution in [0.4, 0.5) is 0 Å². The molecule has 1 atom stereocenters. The number of fused-ring (bicyclic) bond motifs is 1. The summed E-state index contributed by atoms with van der Waals surface area (Å²) in [5.41, 5.74) is 1.03. The molecule has 28 heavy (non-hydrogen) atoms. The Bertz CT molecular complexity index is 901. The summed E-state index contributed by atoms with van der Waals surface area (Å²) in [6.07, 6.45) is -0.555. The molecule has 0 aromatic heterocycles. The lowest BCUT2D eigenvalue weighted by atomic mass is 10.0. The summed E-state index contributed by atoms with van der Waals surface area (Å²) < 4.78 is 11.0. The van der Waals surface area contributed by atoms with Crippen LogP contribution < -0.4 is 9.47 Å². The van der Waals surface area contributed by atoms with E-state index in [2.05, 4.69) is 0 Å². The standard InChI is InChI=1S/C21H21NO6/c1-12(2)28-18-10-13(8-9-17(18)27-3)16(11-19(23)24)22-20(25)14-6-4-5-7-15(14)21(22)26/h4-10,12,16H,11H2,1-3H3,(H,23,24). The van der Waals surface area contributed by atoms with E-state index >= 15 is 0 Å². The number of rotatable bonds is 7. The second-order valence-corrected chi connectivity index (χ2v) is 6.72. The monoisotopic (exact) mass is 383 g/mol. The lowest BCUT2D eigenvalue weighted by molar-refractivity contribution is -0.138. The summed E-state index contributed by atoms with van der Waals surface area (Å²) in [6, 6.07) is 10.4. The smallest absolute Gasteiger partial charge is 0.305 e. The number of methoxy groups -OCH3 is 1. The number of aliphatic carboxylic acids is 1. The third kappa shape index (κ3) is 3.55. The van der Waals surface area contributed by atoms with Gasteiger partial charge in [0, 0.05) is 0 Å². The van der Waals surface area contributed by atoms with Gasteiger partial charge < -0.3 is 14.6 Å². The van der Waals surface area contributed by atoms with Gasteiger partial charge in [0.25, 0.3) is 11.8 Å². The summed E-state index contributed by atoms with van der Waals surface area (Å²) in [6.45, 7) is 3.70. The van der Waals surface area contributed by atoms with Gasteiger partial charge in [-0.3, -0.25) is 19.3 Å². The van der Waals surface area contributed by atoms with E-state index in [4.69, 9.17) is 9.47 Å². The minimum atomic E-state index is -1.12. The van der Waals surface area contributed by atoms with Gasteiger partial charge in [0.15, 0.2) is 11.5 Å². The molecule has 0 saturated heterocycles. The van der Waals surface area contributed by atoms with Gasteiger partial charge in [0.2, 0.25) is 0 Å². The fraction of sp³-hybridized carbons (Fsp3) is 0.286. The number of hydrogen-bond acceptors (Lipinski definition) is 5. The zero-order valence-corrected chi connectivity index (χ0v) is 15.8. The van der Waals surface area contributed by atoms with Gasteiger partial charge in [-0.1, -0.05) is 18.2 Å². The summed E-state index contributed by atoms with van der Waals surface area (Å²) in [4.78, 5) is 38.2. The van der Waals surface area contributed by atoms with Crippen molar-refractivity contribution in [3.05, 3.63) is 59.2 Å². The van der Waals surface area contributed by atoms with Gasteiger partial charge in [-0.05, 0) is 43.7 Å². The van der Waals surface area contributed by atoms with E-state index in [0.717, 1.165) is 4.90 Å². The van der Waals surface area contributed by atoms with E-state index in [1.165, 1.54) is 7.11 Å². The van der Waals surface area contributed by atoms with Crippen LogP contribution in [0.1, 0.15) is 52.6 Å². The summed E-state index contributed by atoms with van der Waals surface area (Å²) in [7, 11) is 1.50. The lowest BCUT2D eigenvalue weighted by Crippen LogP contribution is -2.35. The van der Waals surface area contributed by atoms with Crippen LogP contribution in [0.3, 0.4) is 0 Å². The van der Waals surface area contributed by atoms with Crippen LogP contribution in [0, 0.1) is 0 Å². The van der Waals surface area contributed by atoms with Crippen molar-refractivity contribution in [2.24, 2.45) is 0 Å². The zero-order chi connectivity index (χ0) is 20.4. The molecule has 2 aromatic rings. The number of ether oxygens (including phenoxy) is 2. The minimum absolute atomic E-state index is 0.138. The van der Waals surface area contributed by atoms with Crippen molar-refractivity contribution in [1.82, 2.24) is 4.90 Å². The molecule has 0 bridgehead atoms. The molecule has 7 heteroatoms. The molecule has 0 saturated carbocycles. The van der Waals surface area contributed by atoms with Crippen LogP contribution in [-0.2, 0) is 4.79 Å². The second kappa shape index (κ2) is 7.72. The van der Waals surface area contributed by atoms with E-state index in [1.54, 1.807) is 42.5 Å². The minimum Gasteiger partial charge on any atom is -0.493 e. The van der Waals surface area contributed by atoms with E-state index in [-0.39, 0.29) is 17.2 Å². The van der Waals surface area contributed by atoms with Gasteiger partial charge in [0.1, 0.15) is 0 Å². The van der Waals surface area contributed by atoms with E-state index in [0.29, 0.717) is 17.1 Å². The molecule has 2 aromatic carbocycles. The number of carboxylic acids is 1. The zero-order valence-electron chi connectivity index (χ0n) is 15.8. The first kappa shape index (κ1) is 19.4. The van der Waals surface area contributed by atoms with Gasteiger partial charge in [-0.15, -0.1) is 0 Å². The number of carboxylic acid groups (broad SMARTS) is 1. The molecule has 3 rings (SSSR count). The first-order valence-electron chi connectivity index (χ1n) is 8.86. The van der Waals surface area contributed by atoms with Gasteiger partial charge >= 0.3 is 5.97 Å². The normalized spacial score (nSPS) is 14.2. The molecular weight excluding hydrogens is 362 g/mol. The first-order valence-corrected chi connectivity index (χ1v) is 8.86. The Labute approximate surface area is 162 Å². The molecule has 1 heterocycles. The molecule has 1 N–H and O–H groups in total. The van der Waals surface area contributed by atoms with E-state index in [9.17, 15) is 19.5 Å². The molecule has 1 aliphatic rings. The average molecular weight is 383 g/mol. The van der Waals surface area contributed by atoms with Crippen molar-refractivity contribution in [3.8, 4) is 11.5 Å². The number of carbonyl (C=O) groups excluding carboxylic acids is 2. The third-order valence-electron chi connectivity index (χ3n) is 4.44. The van der Waals surface area contributed by atoms with Crippen molar-refractivity contribution in [1.29, 1.82) is 0 Å². The third-order valence-corrected chi connectivity index (χ3v) is 4.44. The van der Waals surface area contributed by atoms with Crippen molar-refractivity contribution in [2.45, 2.75) is 32.4 Å².